The predicted octanol–water partition coefficient (Wildman–Crippen LogP) is 2.80. The van der Waals surface area contributed by atoms with Crippen molar-refractivity contribution in [3.8, 4) is 11.5 Å². The van der Waals surface area contributed by atoms with E-state index < -0.39 is 11.9 Å². The Labute approximate surface area is 215 Å². The van der Waals surface area contributed by atoms with Crippen molar-refractivity contribution in [2.45, 2.75) is 25.8 Å². The molecular weight excluding hydrogens is 479 g/mol. The van der Waals surface area contributed by atoms with Crippen LogP contribution in [0.4, 0.5) is 4.39 Å². The maximum absolute atomic E-state index is 14.6. The van der Waals surface area contributed by atoms with E-state index in [0.717, 1.165) is 18.7 Å². The Morgan fingerprint density at radius 1 is 1.11 bits per heavy atom. The van der Waals surface area contributed by atoms with E-state index in [1.807, 2.05) is 12.1 Å². The molecule has 2 aromatic carbocycles. The van der Waals surface area contributed by atoms with E-state index in [2.05, 4.69) is 10.0 Å². The Kier molecular flexibility index (Phi) is 7.66. The summed E-state index contributed by atoms with van der Waals surface area (Å²) in [5.74, 6) is 0.417. The number of benzene rings is 2. The molecule has 2 aromatic rings. The monoisotopic (exact) mass is 510 g/mol. The molecule has 0 radical (unpaired) electrons. The van der Waals surface area contributed by atoms with E-state index >= 15 is 0 Å². The van der Waals surface area contributed by atoms with Gasteiger partial charge in [-0.05, 0) is 23.8 Å². The van der Waals surface area contributed by atoms with Crippen LogP contribution < -0.4 is 9.47 Å². The maximum atomic E-state index is 14.6. The molecule has 3 aliphatic heterocycles. The lowest BCUT2D eigenvalue weighted by Gasteiger charge is -2.31. The minimum absolute atomic E-state index is 0.0984. The average Bonchev–Trinajstić information content (AvgIpc) is 3.58. The first-order valence-electron chi connectivity index (χ1n) is 12.7. The summed E-state index contributed by atoms with van der Waals surface area (Å²) in [6, 6.07) is 11.4. The molecule has 196 valence electrons. The highest BCUT2D eigenvalue weighted by atomic mass is 19.1. The molecule has 1 atom stereocenters. The summed E-state index contributed by atoms with van der Waals surface area (Å²) < 4.78 is 31.0. The van der Waals surface area contributed by atoms with Gasteiger partial charge >= 0.3 is 0 Å². The summed E-state index contributed by atoms with van der Waals surface area (Å²) in [4.78, 5) is 30.2. The third kappa shape index (κ3) is 5.60. The zero-order valence-corrected chi connectivity index (χ0v) is 20.9. The summed E-state index contributed by atoms with van der Waals surface area (Å²) >= 11 is 0. The largest absolute Gasteiger partial charge is 0.454 e. The number of hydrogen-bond acceptors (Lipinski definition) is 7. The molecule has 1 saturated heterocycles. The standard InChI is InChI=1S/C27H31FN4O5/c1-2-26(33)31(10-9-30-11-13-35-14-12-30)17-27(34)32-23(19-7-8-24-25(15-19)37-18-36-24)16-22(29-32)20-5-3-4-6-21(20)28/h3-8,15,23H,2,9-14,16-18H2,1H3. The maximum Gasteiger partial charge on any atom is 0.262 e. The lowest BCUT2D eigenvalue weighted by atomic mass is 9.97. The smallest absolute Gasteiger partial charge is 0.262 e. The summed E-state index contributed by atoms with van der Waals surface area (Å²) in [6.07, 6.45) is 0.632. The number of fused-ring (bicyclic) bond motifs is 1. The van der Waals surface area contributed by atoms with Crippen LogP contribution in [0.25, 0.3) is 0 Å². The van der Waals surface area contributed by atoms with Gasteiger partial charge < -0.3 is 19.1 Å². The highest BCUT2D eigenvalue weighted by molar-refractivity contribution is 6.03. The lowest BCUT2D eigenvalue weighted by molar-refractivity contribution is -0.141. The van der Waals surface area contributed by atoms with Gasteiger partial charge in [-0.2, -0.15) is 5.10 Å². The van der Waals surface area contributed by atoms with Crippen LogP contribution in [0.15, 0.2) is 47.6 Å². The second-order valence-electron chi connectivity index (χ2n) is 9.22. The second kappa shape index (κ2) is 11.3. The zero-order chi connectivity index (χ0) is 25.8. The van der Waals surface area contributed by atoms with E-state index in [9.17, 15) is 14.0 Å². The highest BCUT2D eigenvalue weighted by Gasteiger charge is 2.36. The van der Waals surface area contributed by atoms with Crippen molar-refractivity contribution >= 4 is 17.5 Å². The summed E-state index contributed by atoms with van der Waals surface area (Å²) in [6.45, 7) is 5.86. The van der Waals surface area contributed by atoms with Gasteiger partial charge in [-0.25, -0.2) is 9.40 Å². The third-order valence-corrected chi connectivity index (χ3v) is 6.90. The summed E-state index contributed by atoms with van der Waals surface area (Å²) in [5, 5.41) is 5.97. The molecular formula is C27H31FN4O5. The van der Waals surface area contributed by atoms with Crippen LogP contribution in [-0.2, 0) is 14.3 Å². The number of ether oxygens (including phenoxy) is 3. The number of nitrogens with zero attached hydrogens (tertiary/aromatic N) is 4. The number of morpholine rings is 1. The highest BCUT2D eigenvalue weighted by Crippen LogP contribution is 2.39. The van der Waals surface area contributed by atoms with Crippen LogP contribution in [0.2, 0.25) is 0 Å². The number of rotatable bonds is 8. The van der Waals surface area contributed by atoms with Gasteiger partial charge in [-0.1, -0.05) is 31.2 Å². The molecule has 10 heteroatoms. The molecule has 2 amide bonds. The van der Waals surface area contributed by atoms with Gasteiger partial charge in [0.15, 0.2) is 11.5 Å². The molecule has 5 rings (SSSR count). The topological polar surface area (TPSA) is 83.9 Å². The number of halogens is 1. The van der Waals surface area contributed by atoms with Crippen molar-refractivity contribution in [1.82, 2.24) is 14.8 Å². The van der Waals surface area contributed by atoms with Crippen molar-refractivity contribution in [3.05, 3.63) is 59.4 Å². The first kappa shape index (κ1) is 25.2. The minimum Gasteiger partial charge on any atom is -0.454 e. The van der Waals surface area contributed by atoms with Gasteiger partial charge in [-0.3, -0.25) is 14.5 Å². The molecule has 3 heterocycles. The van der Waals surface area contributed by atoms with Crippen LogP contribution in [0.5, 0.6) is 11.5 Å². The first-order chi connectivity index (χ1) is 18.0. The Morgan fingerprint density at radius 3 is 2.68 bits per heavy atom. The number of hydrazone groups is 1. The fourth-order valence-corrected chi connectivity index (χ4v) is 4.82. The van der Waals surface area contributed by atoms with Crippen LogP contribution in [0, 0.1) is 5.82 Å². The average molecular weight is 511 g/mol. The second-order valence-corrected chi connectivity index (χ2v) is 9.22. The lowest BCUT2D eigenvalue weighted by Crippen LogP contribution is -2.46. The first-order valence-corrected chi connectivity index (χ1v) is 12.7. The number of amides is 2. The van der Waals surface area contributed by atoms with Gasteiger partial charge in [0, 0.05) is 44.6 Å². The van der Waals surface area contributed by atoms with E-state index in [-0.39, 0.29) is 25.2 Å². The van der Waals surface area contributed by atoms with Crippen LogP contribution >= 0.6 is 0 Å². The minimum atomic E-state index is -0.463. The van der Waals surface area contributed by atoms with Crippen LogP contribution in [0.3, 0.4) is 0 Å². The SMILES string of the molecule is CCC(=O)N(CCN1CCOCC1)CC(=O)N1N=C(c2ccccc2F)CC1c1ccc2c(c1)OCO2. The normalized spacial score (nSPS) is 19.1. The van der Waals surface area contributed by atoms with Gasteiger partial charge in [0.1, 0.15) is 12.4 Å². The van der Waals surface area contributed by atoms with E-state index in [4.69, 9.17) is 14.2 Å². The molecule has 1 fully saturated rings. The van der Waals surface area contributed by atoms with Crippen molar-refractivity contribution in [1.29, 1.82) is 0 Å². The summed E-state index contributed by atoms with van der Waals surface area (Å²) in [7, 11) is 0. The predicted molar refractivity (Wildman–Crippen MR) is 134 cm³/mol. The Hall–Kier alpha value is -3.50. The number of carbonyl (C=O) groups excluding carboxylic acids is 2. The summed E-state index contributed by atoms with van der Waals surface area (Å²) in [5.41, 5.74) is 1.64. The fourth-order valence-electron chi connectivity index (χ4n) is 4.82. The van der Waals surface area contributed by atoms with Crippen molar-refractivity contribution in [2.24, 2.45) is 5.10 Å². The Balaban J connectivity index is 1.38. The Bertz CT molecular complexity index is 1180. The van der Waals surface area contributed by atoms with E-state index in [1.165, 1.54) is 11.1 Å². The fraction of sp³-hybridized carbons (Fsp3) is 0.444. The van der Waals surface area contributed by atoms with Gasteiger partial charge in [-0.15, -0.1) is 0 Å². The molecule has 3 aliphatic rings. The molecule has 37 heavy (non-hydrogen) atoms. The number of carbonyl (C=O) groups is 2. The Morgan fingerprint density at radius 2 is 1.89 bits per heavy atom. The molecule has 0 bridgehead atoms. The van der Waals surface area contributed by atoms with E-state index in [1.54, 1.807) is 36.1 Å². The van der Waals surface area contributed by atoms with E-state index in [0.29, 0.717) is 61.9 Å². The van der Waals surface area contributed by atoms with Crippen molar-refractivity contribution in [2.75, 3.05) is 52.7 Å². The van der Waals surface area contributed by atoms with Crippen LogP contribution in [0.1, 0.15) is 36.9 Å². The van der Waals surface area contributed by atoms with Crippen molar-refractivity contribution in [3.63, 3.8) is 0 Å². The molecule has 0 aromatic heterocycles. The van der Waals surface area contributed by atoms with Gasteiger partial charge in [0.05, 0.1) is 25.0 Å². The van der Waals surface area contributed by atoms with Gasteiger partial charge in [0.2, 0.25) is 12.7 Å². The number of hydrogen-bond donors (Lipinski definition) is 0. The molecule has 9 nitrogen and oxygen atoms in total. The third-order valence-electron chi connectivity index (χ3n) is 6.90. The zero-order valence-electron chi connectivity index (χ0n) is 20.9. The van der Waals surface area contributed by atoms with Crippen molar-refractivity contribution < 1.29 is 28.2 Å². The van der Waals surface area contributed by atoms with Gasteiger partial charge in [0.25, 0.3) is 5.91 Å². The molecule has 0 saturated carbocycles. The molecule has 0 N–H and O–H groups in total. The molecule has 0 spiro atoms. The van der Waals surface area contributed by atoms with Crippen LogP contribution in [-0.4, -0.2) is 85.1 Å². The molecule has 0 aliphatic carbocycles. The molecule has 1 unspecified atom stereocenters. The quantitative estimate of drug-likeness (QED) is 0.543.